The predicted molar refractivity (Wildman–Crippen MR) is 71.3 cm³/mol. The quantitative estimate of drug-likeness (QED) is 0.552. The Morgan fingerprint density at radius 3 is 2.16 bits per heavy atom. The molecule has 0 spiro atoms. The lowest BCUT2D eigenvalue weighted by molar-refractivity contribution is 0.103. The van der Waals surface area contributed by atoms with Gasteiger partial charge in [0.1, 0.15) is 11.6 Å². The van der Waals surface area contributed by atoms with Crippen LogP contribution in [0.5, 0.6) is 0 Å². The number of benzene rings is 2. The molecule has 0 amide bonds. The van der Waals surface area contributed by atoms with Crippen molar-refractivity contribution >= 4 is 40.6 Å². The molecule has 0 aliphatic heterocycles. The van der Waals surface area contributed by atoms with Crippen molar-refractivity contribution in [3.63, 3.8) is 0 Å². The molecule has 2 aromatic rings. The number of hydrogen-bond acceptors (Lipinski definition) is 1. The van der Waals surface area contributed by atoms with Crippen LogP contribution in [-0.4, -0.2) is 5.78 Å². The maximum Gasteiger partial charge on any atom is 0.197 e. The smallest absolute Gasteiger partial charge is 0.197 e. The Hall–Kier alpha value is -1.16. The molecule has 6 heteroatoms. The van der Waals surface area contributed by atoms with Gasteiger partial charge in [-0.25, -0.2) is 8.78 Å². The van der Waals surface area contributed by atoms with Crippen LogP contribution >= 0.6 is 34.8 Å². The lowest BCUT2D eigenvalue weighted by Crippen LogP contribution is -2.06. The van der Waals surface area contributed by atoms with E-state index in [1.54, 1.807) is 0 Å². The summed E-state index contributed by atoms with van der Waals surface area (Å²) in [7, 11) is 0. The lowest BCUT2D eigenvalue weighted by atomic mass is 10.0. The van der Waals surface area contributed by atoms with Crippen LogP contribution < -0.4 is 0 Å². The summed E-state index contributed by atoms with van der Waals surface area (Å²) in [4.78, 5) is 12.1. The predicted octanol–water partition coefficient (Wildman–Crippen LogP) is 5.16. The Kier molecular flexibility index (Phi) is 4.09. The van der Waals surface area contributed by atoms with E-state index in [-0.39, 0.29) is 10.6 Å². The SMILES string of the molecule is O=C(c1cc(F)c(Cl)cc1F)c1ccc(Cl)cc1Cl. The second-order valence-electron chi connectivity index (χ2n) is 3.70. The summed E-state index contributed by atoms with van der Waals surface area (Å²) >= 11 is 17.0. The summed E-state index contributed by atoms with van der Waals surface area (Å²) < 4.78 is 26.9. The maximum absolute atomic E-state index is 13.6. The fourth-order valence-corrected chi connectivity index (χ4v) is 2.16. The summed E-state index contributed by atoms with van der Waals surface area (Å²) in [5.41, 5.74) is -0.405. The average molecular weight is 322 g/mol. The van der Waals surface area contributed by atoms with Crippen LogP contribution in [-0.2, 0) is 0 Å². The maximum atomic E-state index is 13.6. The standard InChI is InChI=1S/C13H5Cl3F2O/c14-6-1-2-7(9(15)3-6)13(19)8-4-12(18)10(16)5-11(8)17/h1-5H. The second-order valence-corrected chi connectivity index (χ2v) is 4.95. The highest BCUT2D eigenvalue weighted by Gasteiger charge is 2.19. The molecule has 0 aliphatic carbocycles. The topological polar surface area (TPSA) is 17.1 Å². The van der Waals surface area contributed by atoms with Crippen LogP contribution in [0.15, 0.2) is 30.3 Å². The lowest BCUT2D eigenvalue weighted by Gasteiger charge is -2.06. The van der Waals surface area contributed by atoms with E-state index in [0.29, 0.717) is 5.02 Å². The second kappa shape index (κ2) is 5.45. The van der Waals surface area contributed by atoms with Gasteiger partial charge in [-0.2, -0.15) is 0 Å². The van der Waals surface area contributed by atoms with E-state index in [9.17, 15) is 13.6 Å². The molecule has 0 radical (unpaired) electrons. The molecule has 0 aromatic heterocycles. The molecular weight excluding hydrogens is 316 g/mol. The monoisotopic (exact) mass is 320 g/mol. The van der Waals surface area contributed by atoms with E-state index in [1.165, 1.54) is 18.2 Å². The van der Waals surface area contributed by atoms with E-state index in [2.05, 4.69) is 0 Å². The Balaban J connectivity index is 2.53. The van der Waals surface area contributed by atoms with Crippen molar-refractivity contribution in [1.29, 1.82) is 0 Å². The molecule has 0 bridgehead atoms. The van der Waals surface area contributed by atoms with Crippen LogP contribution in [0, 0.1) is 11.6 Å². The van der Waals surface area contributed by atoms with Crippen molar-refractivity contribution in [2.75, 3.05) is 0 Å². The van der Waals surface area contributed by atoms with E-state index in [4.69, 9.17) is 34.8 Å². The van der Waals surface area contributed by atoms with Crippen molar-refractivity contribution < 1.29 is 13.6 Å². The Bertz CT molecular complexity index is 671. The van der Waals surface area contributed by atoms with Crippen molar-refractivity contribution in [3.8, 4) is 0 Å². The van der Waals surface area contributed by atoms with Gasteiger partial charge in [0, 0.05) is 10.6 Å². The third kappa shape index (κ3) is 2.89. The molecule has 0 unspecified atom stereocenters. The Morgan fingerprint density at radius 1 is 0.842 bits per heavy atom. The fraction of sp³-hybridized carbons (Fsp3) is 0. The Morgan fingerprint density at radius 2 is 1.53 bits per heavy atom. The summed E-state index contributed by atoms with van der Waals surface area (Å²) in [5, 5.41) is 0.00724. The number of halogens is 5. The molecule has 1 nitrogen and oxygen atoms in total. The van der Waals surface area contributed by atoms with Crippen molar-refractivity contribution in [2.45, 2.75) is 0 Å². The van der Waals surface area contributed by atoms with Crippen LogP contribution in [0.1, 0.15) is 15.9 Å². The number of rotatable bonds is 2. The molecule has 0 N–H and O–H groups in total. The average Bonchev–Trinajstić information content (AvgIpc) is 2.33. The van der Waals surface area contributed by atoms with Gasteiger partial charge in [0.25, 0.3) is 0 Å². The molecule has 2 rings (SSSR count). The van der Waals surface area contributed by atoms with E-state index in [1.807, 2.05) is 0 Å². The first kappa shape index (κ1) is 14.3. The largest absolute Gasteiger partial charge is 0.288 e. The minimum Gasteiger partial charge on any atom is -0.288 e. The molecule has 98 valence electrons. The minimum absolute atomic E-state index is 0.0340. The zero-order chi connectivity index (χ0) is 14.2. The molecule has 0 heterocycles. The molecule has 0 aliphatic rings. The summed E-state index contributed by atoms with van der Waals surface area (Å²) in [6.45, 7) is 0. The molecule has 19 heavy (non-hydrogen) atoms. The summed E-state index contributed by atoms with van der Waals surface area (Å²) in [5.74, 6) is -2.53. The van der Waals surface area contributed by atoms with Gasteiger partial charge in [-0.1, -0.05) is 34.8 Å². The van der Waals surface area contributed by atoms with Gasteiger partial charge < -0.3 is 0 Å². The molecule has 0 saturated carbocycles. The zero-order valence-electron chi connectivity index (χ0n) is 9.18. The van der Waals surface area contributed by atoms with Gasteiger partial charge in [0.2, 0.25) is 0 Å². The van der Waals surface area contributed by atoms with E-state index in [0.717, 1.165) is 12.1 Å². The highest BCUT2D eigenvalue weighted by Crippen LogP contribution is 2.26. The van der Waals surface area contributed by atoms with Crippen LogP contribution in [0.3, 0.4) is 0 Å². The molecule has 0 saturated heterocycles. The number of carbonyl (C=O) groups excluding carboxylic acids is 1. The van der Waals surface area contributed by atoms with Gasteiger partial charge in [-0.15, -0.1) is 0 Å². The van der Waals surface area contributed by atoms with Crippen molar-refractivity contribution in [2.24, 2.45) is 0 Å². The molecule has 0 atom stereocenters. The third-order valence-electron chi connectivity index (χ3n) is 2.43. The highest BCUT2D eigenvalue weighted by molar-refractivity contribution is 6.37. The third-order valence-corrected chi connectivity index (χ3v) is 3.27. The number of hydrogen-bond donors (Lipinski definition) is 0. The van der Waals surface area contributed by atoms with Crippen LogP contribution in [0.2, 0.25) is 15.1 Å². The van der Waals surface area contributed by atoms with Gasteiger partial charge in [0.05, 0.1) is 15.6 Å². The van der Waals surface area contributed by atoms with Crippen LogP contribution in [0.25, 0.3) is 0 Å². The van der Waals surface area contributed by atoms with Crippen molar-refractivity contribution in [3.05, 3.63) is 68.2 Å². The van der Waals surface area contributed by atoms with E-state index >= 15 is 0 Å². The van der Waals surface area contributed by atoms with Gasteiger partial charge >= 0.3 is 0 Å². The first-order valence-corrected chi connectivity index (χ1v) is 6.18. The molecule has 0 fully saturated rings. The van der Waals surface area contributed by atoms with E-state index < -0.39 is 28.0 Å². The van der Waals surface area contributed by atoms with Gasteiger partial charge in [-0.05, 0) is 30.3 Å². The van der Waals surface area contributed by atoms with Gasteiger partial charge in [-0.3, -0.25) is 4.79 Å². The van der Waals surface area contributed by atoms with Crippen molar-refractivity contribution in [1.82, 2.24) is 0 Å². The summed E-state index contributed by atoms with van der Waals surface area (Å²) in [6, 6.07) is 5.61. The summed E-state index contributed by atoms with van der Waals surface area (Å²) in [6.07, 6.45) is 0. The zero-order valence-corrected chi connectivity index (χ0v) is 11.5. The highest BCUT2D eigenvalue weighted by atomic mass is 35.5. The van der Waals surface area contributed by atoms with Crippen LogP contribution in [0.4, 0.5) is 8.78 Å². The first-order valence-electron chi connectivity index (χ1n) is 5.04. The molecular formula is C13H5Cl3F2O. The number of carbonyl (C=O) groups is 1. The van der Waals surface area contributed by atoms with Gasteiger partial charge in [0.15, 0.2) is 5.78 Å². The normalized spacial score (nSPS) is 10.6. The Labute approximate surface area is 122 Å². The number of ketones is 1. The fourth-order valence-electron chi connectivity index (χ4n) is 1.52. The minimum atomic E-state index is -0.914. The molecule has 2 aromatic carbocycles. The first-order chi connectivity index (χ1) is 8.90.